The van der Waals surface area contributed by atoms with Gasteiger partial charge in [0.15, 0.2) is 0 Å². The van der Waals surface area contributed by atoms with Crippen LogP contribution in [0.2, 0.25) is 0 Å². The van der Waals surface area contributed by atoms with Crippen molar-refractivity contribution in [2.75, 3.05) is 0 Å². The summed E-state index contributed by atoms with van der Waals surface area (Å²) in [6.07, 6.45) is 0. The van der Waals surface area contributed by atoms with Crippen LogP contribution in [0.5, 0.6) is 0 Å². The van der Waals surface area contributed by atoms with E-state index in [1.165, 1.54) is 92.3 Å². The molecule has 0 N–H and O–H groups in total. The average Bonchev–Trinajstić information content (AvgIpc) is 3.56. The lowest BCUT2D eigenvalue weighted by atomic mass is 9.26. The number of para-hydroxylation sites is 2. The monoisotopic (exact) mass is 687 g/mol. The first kappa shape index (κ1) is 29.6. The van der Waals surface area contributed by atoms with Gasteiger partial charge in [-0.3, -0.25) is 0 Å². The molecule has 8 aromatic carbocycles. The molecule has 0 amide bonds. The first-order valence-corrected chi connectivity index (χ1v) is 19.4. The first-order chi connectivity index (χ1) is 26.3. The molecule has 0 radical (unpaired) electrons. The highest BCUT2D eigenvalue weighted by Gasteiger charge is 2.54. The van der Waals surface area contributed by atoms with Crippen molar-refractivity contribution in [3.05, 3.63) is 210 Å². The predicted octanol–water partition coefficient (Wildman–Crippen LogP) is 7.29. The van der Waals surface area contributed by atoms with Crippen LogP contribution in [0.15, 0.2) is 198 Å². The molecule has 3 aliphatic heterocycles. The summed E-state index contributed by atoms with van der Waals surface area (Å²) in [4.78, 5) is 2.74. The molecule has 0 bridgehead atoms. The Morgan fingerprint density at radius 1 is 0.396 bits per heavy atom. The van der Waals surface area contributed by atoms with Gasteiger partial charge in [-0.1, -0.05) is 196 Å². The van der Waals surface area contributed by atoms with Crippen molar-refractivity contribution < 1.29 is 0 Å². The number of hydrogen-bond acceptors (Lipinski definition) is 1. The van der Waals surface area contributed by atoms with Gasteiger partial charge in [0.25, 0.3) is 0 Å². The van der Waals surface area contributed by atoms with Gasteiger partial charge in [0.05, 0.1) is 16.4 Å². The molecule has 1 nitrogen and oxygen atoms in total. The van der Waals surface area contributed by atoms with Crippen LogP contribution in [0.4, 0.5) is 0 Å². The molecule has 1 aromatic heterocycles. The standard InChI is InChI=1S/C49H31B2NS/c1-2-15-33(16-3-1)52-44-26-12-4-17-34(44)35-31-32(29-30-45(35)52)50-40-22-8-5-18-36(40)49(37-19-6-9-23-41(37)50)38-20-7-10-24-42(38)51-43-25-11-13-27-46(43)53-47-28-14-21-39(49)48(47)51/h1-31H. The van der Waals surface area contributed by atoms with Crippen LogP contribution in [0.25, 0.3) is 27.5 Å². The van der Waals surface area contributed by atoms with Gasteiger partial charge in [-0.2, -0.15) is 0 Å². The highest BCUT2D eigenvalue weighted by Crippen LogP contribution is 2.48. The molecular formula is C49H31B2NS. The SMILES string of the molecule is c1ccc(-n2c3ccccc3c3cc(B4c5ccccc5C5(c6ccccc64)c4ccccc4B4c6ccccc6Sc6cccc5c64)ccc32)cc1. The van der Waals surface area contributed by atoms with Crippen molar-refractivity contribution in [2.45, 2.75) is 15.2 Å². The van der Waals surface area contributed by atoms with Gasteiger partial charge in [0.1, 0.15) is 0 Å². The van der Waals surface area contributed by atoms with Crippen LogP contribution < -0.4 is 32.8 Å². The molecule has 0 atom stereocenters. The lowest BCUT2D eigenvalue weighted by molar-refractivity contribution is 0.754. The van der Waals surface area contributed by atoms with E-state index in [0.717, 1.165) is 0 Å². The van der Waals surface area contributed by atoms with Crippen LogP contribution in [0, 0.1) is 0 Å². The second-order valence-corrected chi connectivity index (χ2v) is 15.8. The topological polar surface area (TPSA) is 4.93 Å². The average molecular weight is 687 g/mol. The third-order valence-corrected chi connectivity index (χ3v) is 13.4. The fourth-order valence-corrected chi connectivity index (χ4v) is 11.5. The van der Waals surface area contributed by atoms with Crippen molar-refractivity contribution in [1.29, 1.82) is 0 Å². The zero-order valence-corrected chi connectivity index (χ0v) is 29.7. The predicted molar refractivity (Wildman–Crippen MR) is 225 cm³/mol. The molecule has 244 valence electrons. The van der Waals surface area contributed by atoms with Crippen molar-refractivity contribution >= 4 is 79.8 Å². The van der Waals surface area contributed by atoms with E-state index >= 15 is 0 Å². The highest BCUT2D eigenvalue weighted by atomic mass is 32.2. The Kier molecular flexibility index (Phi) is 6.16. The minimum absolute atomic E-state index is 0.0794. The van der Waals surface area contributed by atoms with Gasteiger partial charge in [-0.15, -0.1) is 0 Å². The van der Waals surface area contributed by atoms with Gasteiger partial charge < -0.3 is 4.57 Å². The van der Waals surface area contributed by atoms with E-state index in [1.807, 2.05) is 11.8 Å². The van der Waals surface area contributed by atoms with Crippen molar-refractivity contribution in [3.8, 4) is 5.69 Å². The number of fused-ring (bicyclic) bond motifs is 13. The largest absolute Gasteiger partial charge is 0.309 e. The minimum atomic E-state index is -0.456. The van der Waals surface area contributed by atoms with Crippen LogP contribution in [0.3, 0.4) is 0 Å². The van der Waals surface area contributed by atoms with Crippen molar-refractivity contribution in [1.82, 2.24) is 4.57 Å². The summed E-state index contributed by atoms with van der Waals surface area (Å²) in [5, 5.41) is 2.57. The van der Waals surface area contributed by atoms with Gasteiger partial charge in [-0.05, 0) is 58.7 Å². The number of rotatable bonds is 2. The zero-order chi connectivity index (χ0) is 34.7. The quantitative estimate of drug-likeness (QED) is 0.173. The molecule has 0 aliphatic carbocycles. The first-order valence-electron chi connectivity index (χ1n) is 18.6. The maximum Gasteiger partial charge on any atom is 0.245 e. The Balaban J connectivity index is 1.15. The Labute approximate surface area is 314 Å². The molecule has 0 saturated carbocycles. The molecule has 12 rings (SSSR count). The summed E-state index contributed by atoms with van der Waals surface area (Å²) < 4.78 is 2.41. The molecule has 4 heteroatoms. The van der Waals surface area contributed by atoms with Gasteiger partial charge in [-0.25, -0.2) is 0 Å². The number of benzene rings is 8. The van der Waals surface area contributed by atoms with E-state index in [-0.39, 0.29) is 13.4 Å². The summed E-state index contributed by atoms with van der Waals surface area (Å²) in [7, 11) is 0. The number of hydrogen-bond donors (Lipinski definition) is 0. The van der Waals surface area contributed by atoms with E-state index in [9.17, 15) is 0 Å². The minimum Gasteiger partial charge on any atom is -0.309 e. The summed E-state index contributed by atoms with van der Waals surface area (Å²) in [6, 6.07) is 71.0. The van der Waals surface area contributed by atoms with Crippen molar-refractivity contribution in [3.63, 3.8) is 0 Å². The lowest BCUT2D eigenvalue weighted by Crippen LogP contribution is -2.68. The Morgan fingerprint density at radius 2 is 0.943 bits per heavy atom. The lowest BCUT2D eigenvalue weighted by Gasteiger charge is -2.50. The maximum absolute atomic E-state index is 2.48. The molecule has 0 saturated heterocycles. The third kappa shape index (κ3) is 3.86. The normalized spacial score (nSPS) is 14.4. The Bertz CT molecular complexity index is 2920. The third-order valence-electron chi connectivity index (χ3n) is 12.3. The highest BCUT2D eigenvalue weighted by molar-refractivity contribution is 8.00. The smallest absolute Gasteiger partial charge is 0.245 e. The molecule has 9 aromatic rings. The molecule has 3 aliphatic rings. The molecule has 53 heavy (non-hydrogen) atoms. The van der Waals surface area contributed by atoms with E-state index in [0.29, 0.717) is 0 Å². The van der Waals surface area contributed by atoms with Crippen LogP contribution >= 0.6 is 11.8 Å². The summed E-state index contributed by atoms with van der Waals surface area (Å²) in [6.45, 7) is 0.276. The second kappa shape index (κ2) is 11.0. The van der Waals surface area contributed by atoms with E-state index in [2.05, 4.69) is 193 Å². The van der Waals surface area contributed by atoms with Crippen LogP contribution in [-0.4, -0.2) is 18.0 Å². The van der Waals surface area contributed by atoms with E-state index in [1.54, 1.807) is 0 Å². The van der Waals surface area contributed by atoms with Gasteiger partial charge in [0.2, 0.25) is 13.4 Å². The van der Waals surface area contributed by atoms with Crippen molar-refractivity contribution in [2.24, 2.45) is 0 Å². The molecule has 0 fully saturated rings. The number of aromatic nitrogens is 1. The summed E-state index contributed by atoms with van der Waals surface area (Å²) >= 11 is 1.93. The molecular weight excluding hydrogens is 656 g/mol. The molecule has 0 unspecified atom stereocenters. The Morgan fingerprint density at radius 3 is 1.68 bits per heavy atom. The zero-order valence-electron chi connectivity index (χ0n) is 28.9. The summed E-state index contributed by atoms with van der Waals surface area (Å²) in [5.74, 6) is 0. The molecule has 1 spiro atoms. The van der Waals surface area contributed by atoms with Gasteiger partial charge in [0, 0.05) is 26.3 Å². The second-order valence-electron chi connectivity index (χ2n) is 14.7. The van der Waals surface area contributed by atoms with Crippen LogP contribution in [0.1, 0.15) is 22.3 Å². The fourth-order valence-electron chi connectivity index (χ4n) is 10.4. The van der Waals surface area contributed by atoms with E-state index in [4.69, 9.17) is 0 Å². The van der Waals surface area contributed by atoms with Crippen LogP contribution in [-0.2, 0) is 5.41 Å². The Hall–Kier alpha value is -5.96. The van der Waals surface area contributed by atoms with E-state index < -0.39 is 5.41 Å². The molecule has 4 heterocycles. The fraction of sp³-hybridized carbons (Fsp3) is 0.0204. The number of nitrogens with zero attached hydrogens (tertiary/aromatic N) is 1. The van der Waals surface area contributed by atoms with Gasteiger partial charge >= 0.3 is 0 Å². The summed E-state index contributed by atoms with van der Waals surface area (Å²) in [5.41, 5.74) is 17.2. The maximum atomic E-state index is 2.48.